The Morgan fingerprint density at radius 3 is 2.62 bits per heavy atom. The third-order valence-electron chi connectivity index (χ3n) is 6.06. The summed E-state index contributed by atoms with van der Waals surface area (Å²) < 4.78 is 11.7. The largest absolute Gasteiger partial charge is 0.493 e. The van der Waals surface area contributed by atoms with E-state index >= 15 is 0 Å². The second-order valence-electron chi connectivity index (χ2n) is 9.61. The van der Waals surface area contributed by atoms with Crippen molar-refractivity contribution in [1.29, 1.82) is 0 Å². The molecule has 4 rings (SSSR count). The summed E-state index contributed by atoms with van der Waals surface area (Å²) >= 11 is 0. The number of hydrogen-bond acceptors (Lipinski definition) is 4. The fraction of sp³-hybridized carbons (Fsp3) is 0.727. The Morgan fingerprint density at radius 2 is 1.96 bits per heavy atom. The van der Waals surface area contributed by atoms with Crippen LogP contribution < -0.4 is 9.47 Å². The molecular weight excluding hydrogens is 326 g/mol. The number of nitrogens with zero attached hydrogens (tertiary/aromatic N) is 1. The van der Waals surface area contributed by atoms with Gasteiger partial charge in [0.1, 0.15) is 0 Å². The molecule has 2 aliphatic heterocycles. The molecule has 0 amide bonds. The van der Waals surface area contributed by atoms with E-state index in [-0.39, 0.29) is 11.5 Å². The molecule has 3 aliphatic rings. The molecule has 1 N–H and O–H groups in total. The molecule has 0 bridgehead atoms. The first-order valence-electron chi connectivity index (χ1n) is 10.1. The summed E-state index contributed by atoms with van der Waals surface area (Å²) in [7, 11) is 1.72. The minimum Gasteiger partial charge on any atom is -0.493 e. The van der Waals surface area contributed by atoms with Crippen molar-refractivity contribution in [2.45, 2.75) is 71.1 Å². The van der Waals surface area contributed by atoms with Crippen molar-refractivity contribution in [3.63, 3.8) is 0 Å². The van der Waals surface area contributed by atoms with Crippen LogP contribution in [-0.2, 0) is 6.42 Å². The van der Waals surface area contributed by atoms with Crippen LogP contribution in [0, 0.1) is 11.3 Å². The zero-order chi connectivity index (χ0) is 18.5. The van der Waals surface area contributed by atoms with Gasteiger partial charge in [0.2, 0.25) is 0 Å². The molecule has 1 saturated heterocycles. The van der Waals surface area contributed by atoms with Crippen molar-refractivity contribution < 1.29 is 14.6 Å². The molecule has 0 radical (unpaired) electrons. The molecule has 1 saturated carbocycles. The number of aliphatic hydroxyl groups excluding tert-OH is 1. The third kappa shape index (κ3) is 3.72. The van der Waals surface area contributed by atoms with E-state index in [2.05, 4.69) is 37.8 Å². The molecule has 2 heterocycles. The molecule has 4 heteroatoms. The maximum atomic E-state index is 10.8. The molecule has 3 unspecified atom stereocenters. The van der Waals surface area contributed by atoms with E-state index in [1.165, 1.54) is 11.1 Å². The van der Waals surface area contributed by atoms with Gasteiger partial charge in [-0.3, -0.25) is 4.90 Å². The van der Waals surface area contributed by atoms with Crippen molar-refractivity contribution in [2.24, 2.45) is 11.3 Å². The fourth-order valence-electron chi connectivity index (χ4n) is 4.70. The Labute approximate surface area is 157 Å². The molecule has 0 aromatic heterocycles. The molecule has 3 atom stereocenters. The van der Waals surface area contributed by atoms with E-state index in [0.29, 0.717) is 18.1 Å². The van der Waals surface area contributed by atoms with Crippen LogP contribution in [0.1, 0.15) is 63.6 Å². The lowest BCUT2D eigenvalue weighted by atomic mass is 9.75. The van der Waals surface area contributed by atoms with Gasteiger partial charge in [0, 0.05) is 19.1 Å². The molecule has 26 heavy (non-hydrogen) atoms. The van der Waals surface area contributed by atoms with Gasteiger partial charge in [-0.15, -0.1) is 0 Å². The van der Waals surface area contributed by atoms with E-state index in [1.54, 1.807) is 7.11 Å². The molecule has 0 spiro atoms. The van der Waals surface area contributed by atoms with Crippen LogP contribution in [0.4, 0.5) is 0 Å². The topological polar surface area (TPSA) is 41.9 Å². The van der Waals surface area contributed by atoms with Crippen molar-refractivity contribution in [3.05, 3.63) is 23.3 Å². The van der Waals surface area contributed by atoms with Crippen LogP contribution in [-0.4, -0.2) is 42.4 Å². The van der Waals surface area contributed by atoms with Gasteiger partial charge in [-0.05, 0) is 66.7 Å². The number of piperidine rings is 1. The van der Waals surface area contributed by atoms with Gasteiger partial charge in [-0.1, -0.05) is 20.8 Å². The van der Waals surface area contributed by atoms with Crippen molar-refractivity contribution in [2.75, 3.05) is 20.2 Å². The molecule has 1 aromatic rings. The van der Waals surface area contributed by atoms with Gasteiger partial charge in [-0.25, -0.2) is 0 Å². The van der Waals surface area contributed by atoms with Crippen molar-refractivity contribution in [1.82, 2.24) is 4.90 Å². The Kier molecular flexibility index (Phi) is 4.68. The fourth-order valence-corrected chi connectivity index (χ4v) is 4.70. The number of benzene rings is 1. The minimum atomic E-state index is -0.227. The van der Waals surface area contributed by atoms with Gasteiger partial charge >= 0.3 is 0 Å². The average molecular weight is 360 g/mol. The predicted octanol–water partition coefficient (Wildman–Crippen LogP) is 3.95. The molecule has 2 fully saturated rings. The van der Waals surface area contributed by atoms with E-state index in [4.69, 9.17) is 9.47 Å². The number of aliphatic hydroxyl groups is 1. The molecule has 4 nitrogen and oxygen atoms in total. The Bertz CT molecular complexity index is 662. The lowest BCUT2D eigenvalue weighted by Crippen LogP contribution is -2.48. The van der Waals surface area contributed by atoms with E-state index < -0.39 is 0 Å². The number of hydrogen-bond donors (Lipinski definition) is 1. The summed E-state index contributed by atoms with van der Waals surface area (Å²) in [5.74, 6) is 2.10. The SMILES string of the molecule is COc1cc2c(cc1OC1CC1)CCN1CC(CC(C)(C)C)C(O)CC21. The number of ether oxygens (including phenoxy) is 2. The third-order valence-corrected chi connectivity index (χ3v) is 6.06. The lowest BCUT2D eigenvalue weighted by Gasteiger charge is -2.47. The summed E-state index contributed by atoms with van der Waals surface area (Å²) in [6, 6.07) is 4.66. The highest BCUT2D eigenvalue weighted by Gasteiger charge is 2.40. The second-order valence-corrected chi connectivity index (χ2v) is 9.61. The van der Waals surface area contributed by atoms with Crippen molar-refractivity contribution in [3.8, 4) is 11.5 Å². The number of rotatable bonds is 4. The number of methoxy groups -OCH3 is 1. The van der Waals surface area contributed by atoms with Crippen LogP contribution in [0.5, 0.6) is 11.5 Å². The first kappa shape index (κ1) is 18.1. The highest BCUT2D eigenvalue weighted by molar-refractivity contribution is 5.50. The minimum absolute atomic E-state index is 0.227. The standard InChI is InChI=1S/C22H33NO3/c1-22(2,3)12-15-13-23-8-7-14-9-21(26-16-5-6-16)20(25-4)10-17(14)18(23)11-19(15)24/h9-10,15-16,18-19,24H,5-8,11-13H2,1-4H3. The summed E-state index contributed by atoms with van der Waals surface area (Å²) in [5.41, 5.74) is 2.94. The molecule has 1 aliphatic carbocycles. The highest BCUT2D eigenvalue weighted by atomic mass is 16.5. The Hall–Kier alpha value is -1.26. The summed E-state index contributed by atoms with van der Waals surface area (Å²) in [6.45, 7) is 8.86. The van der Waals surface area contributed by atoms with Crippen LogP contribution >= 0.6 is 0 Å². The predicted molar refractivity (Wildman–Crippen MR) is 103 cm³/mol. The Balaban J connectivity index is 1.57. The highest BCUT2D eigenvalue weighted by Crippen LogP contribution is 2.45. The van der Waals surface area contributed by atoms with Gasteiger partial charge in [-0.2, -0.15) is 0 Å². The molecular formula is C22H33NO3. The zero-order valence-electron chi connectivity index (χ0n) is 16.6. The maximum absolute atomic E-state index is 10.8. The maximum Gasteiger partial charge on any atom is 0.161 e. The van der Waals surface area contributed by atoms with E-state index in [0.717, 1.165) is 56.7 Å². The summed E-state index contributed by atoms with van der Waals surface area (Å²) in [4.78, 5) is 2.58. The van der Waals surface area contributed by atoms with Crippen molar-refractivity contribution >= 4 is 0 Å². The average Bonchev–Trinajstić information content (AvgIpc) is 3.38. The van der Waals surface area contributed by atoms with Crippen LogP contribution in [0.2, 0.25) is 0 Å². The quantitative estimate of drug-likeness (QED) is 0.884. The van der Waals surface area contributed by atoms with E-state index in [9.17, 15) is 5.11 Å². The van der Waals surface area contributed by atoms with E-state index in [1.807, 2.05) is 0 Å². The zero-order valence-corrected chi connectivity index (χ0v) is 16.6. The van der Waals surface area contributed by atoms with Crippen LogP contribution in [0.25, 0.3) is 0 Å². The van der Waals surface area contributed by atoms with Gasteiger partial charge in [0.15, 0.2) is 11.5 Å². The van der Waals surface area contributed by atoms with Gasteiger partial charge in [0.05, 0.1) is 19.3 Å². The summed E-state index contributed by atoms with van der Waals surface area (Å²) in [6.07, 6.45) is 5.39. The normalized spacial score (nSPS) is 29.0. The van der Waals surface area contributed by atoms with Gasteiger partial charge in [0.25, 0.3) is 0 Å². The first-order valence-corrected chi connectivity index (χ1v) is 10.1. The lowest BCUT2D eigenvalue weighted by molar-refractivity contribution is -0.0259. The molecule has 144 valence electrons. The molecule has 1 aromatic carbocycles. The van der Waals surface area contributed by atoms with Gasteiger partial charge < -0.3 is 14.6 Å². The smallest absolute Gasteiger partial charge is 0.161 e. The van der Waals surface area contributed by atoms with Crippen LogP contribution in [0.15, 0.2) is 12.1 Å². The number of fused-ring (bicyclic) bond motifs is 3. The Morgan fingerprint density at radius 1 is 1.19 bits per heavy atom. The monoisotopic (exact) mass is 359 g/mol. The first-order chi connectivity index (χ1) is 12.3. The summed E-state index contributed by atoms with van der Waals surface area (Å²) in [5, 5.41) is 10.8. The second kappa shape index (κ2) is 6.72. The van der Waals surface area contributed by atoms with Crippen LogP contribution in [0.3, 0.4) is 0 Å².